The Kier molecular flexibility index (Phi) is 4.79. The Morgan fingerprint density at radius 1 is 1.28 bits per heavy atom. The summed E-state index contributed by atoms with van der Waals surface area (Å²) in [5.41, 5.74) is 0.868. The maximum Gasteiger partial charge on any atom is 0.433 e. The van der Waals surface area contributed by atoms with Crippen LogP contribution in [0.3, 0.4) is 0 Å². The number of hydrogen-bond donors (Lipinski definition) is 1. The molecule has 2 aromatic rings. The monoisotopic (exact) mass is 395 g/mol. The molecule has 2 rings (SSSR count). The van der Waals surface area contributed by atoms with Gasteiger partial charge in [-0.05, 0) is 24.6 Å². The summed E-state index contributed by atoms with van der Waals surface area (Å²) in [5, 5.41) is -1.25. The summed E-state index contributed by atoms with van der Waals surface area (Å²) in [6, 6.07) is 1.97. The van der Waals surface area contributed by atoms with Gasteiger partial charge in [-0.2, -0.15) is 13.2 Å². The molecular weight excluding hydrogens is 386 g/mol. The standard InChI is InChI=1S/C14H10ClF4N3O2S/c1-5-3-8(7(16)4-6(5)11(20)25)22-12(23)9(15)10(14(17,18)19)21(2)13(22)24/h3-4H,1-2H3,(H2,20,25). The molecule has 1 aromatic heterocycles. The number of aromatic nitrogens is 2. The molecule has 0 bridgehead atoms. The number of thiocarbonyl (C=S) groups is 1. The first-order valence-electron chi connectivity index (χ1n) is 6.57. The maximum atomic E-state index is 14.3. The highest BCUT2D eigenvalue weighted by atomic mass is 35.5. The van der Waals surface area contributed by atoms with Crippen LogP contribution in [0.2, 0.25) is 5.02 Å². The molecule has 0 saturated carbocycles. The van der Waals surface area contributed by atoms with E-state index in [4.69, 9.17) is 29.6 Å². The Bertz CT molecular complexity index is 974. The van der Waals surface area contributed by atoms with E-state index >= 15 is 0 Å². The third kappa shape index (κ3) is 3.19. The summed E-state index contributed by atoms with van der Waals surface area (Å²) in [6.45, 7) is 1.48. The summed E-state index contributed by atoms with van der Waals surface area (Å²) < 4.78 is 53.7. The van der Waals surface area contributed by atoms with Crippen molar-refractivity contribution in [1.82, 2.24) is 9.13 Å². The Hall–Kier alpha value is -2.20. The van der Waals surface area contributed by atoms with E-state index in [1.165, 1.54) is 6.92 Å². The zero-order chi connectivity index (χ0) is 19.3. The van der Waals surface area contributed by atoms with Crippen LogP contribution in [-0.4, -0.2) is 14.1 Å². The van der Waals surface area contributed by atoms with Crippen LogP contribution in [0.4, 0.5) is 17.6 Å². The van der Waals surface area contributed by atoms with E-state index < -0.39 is 39.6 Å². The third-order valence-electron chi connectivity index (χ3n) is 3.48. The van der Waals surface area contributed by atoms with Crippen molar-refractivity contribution in [2.24, 2.45) is 12.8 Å². The van der Waals surface area contributed by atoms with E-state index in [1.807, 2.05) is 0 Å². The Labute approximate surface area is 148 Å². The summed E-state index contributed by atoms with van der Waals surface area (Å²) in [4.78, 5) is 24.3. The van der Waals surface area contributed by atoms with Crippen LogP contribution in [0.15, 0.2) is 21.7 Å². The molecule has 0 unspecified atom stereocenters. The maximum absolute atomic E-state index is 14.3. The van der Waals surface area contributed by atoms with E-state index in [0.29, 0.717) is 5.56 Å². The SMILES string of the molecule is Cc1cc(-n2c(=O)c(Cl)c(C(F)(F)F)n(C)c2=O)c(F)cc1C(N)=S. The number of nitrogens with two attached hydrogens (primary N) is 1. The topological polar surface area (TPSA) is 70.0 Å². The van der Waals surface area contributed by atoms with Gasteiger partial charge in [0.2, 0.25) is 0 Å². The van der Waals surface area contributed by atoms with Gasteiger partial charge in [-0.1, -0.05) is 23.8 Å². The Balaban J connectivity index is 2.92. The van der Waals surface area contributed by atoms with Gasteiger partial charge in [-0.25, -0.2) is 13.8 Å². The normalized spacial score (nSPS) is 11.6. The molecular formula is C14H10ClF4N3O2S. The summed E-state index contributed by atoms with van der Waals surface area (Å²) >= 11 is 10.3. The van der Waals surface area contributed by atoms with Crippen LogP contribution < -0.4 is 17.0 Å². The smallest absolute Gasteiger partial charge is 0.389 e. The van der Waals surface area contributed by atoms with Gasteiger partial charge in [0.15, 0.2) is 5.69 Å². The van der Waals surface area contributed by atoms with Gasteiger partial charge in [-0.3, -0.25) is 9.36 Å². The van der Waals surface area contributed by atoms with E-state index in [9.17, 15) is 27.2 Å². The van der Waals surface area contributed by atoms with Crippen LogP contribution in [0, 0.1) is 12.7 Å². The fourth-order valence-corrected chi connectivity index (χ4v) is 2.85. The van der Waals surface area contributed by atoms with Crippen molar-refractivity contribution < 1.29 is 17.6 Å². The highest BCUT2D eigenvalue weighted by Crippen LogP contribution is 2.32. The van der Waals surface area contributed by atoms with Crippen molar-refractivity contribution in [3.63, 3.8) is 0 Å². The molecule has 0 radical (unpaired) electrons. The molecule has 0 aliphatic carbocycles. The van der Waals surface area contributed by atoms with E-state index in [-0.39, 0.29) is 19.7 Å². The van der Waals surface area contributed by atoms with E-state index in [0.717, 1.165) is 19.2 Å². The molecule has 2 N–H and O–H groups in total. The molecule has 11 heteroatoms. The van der Waals surface area contributed by atoms with Crippen molar-refractivity contribution in [2.45, 2.75) is 13.1 Å². The summed E-state index contributed by atoms with van der Waals surface area (Å²) in [6.07, 6.45) is -5.03. The average molecular weight is 396 g/mol. The van der Waals surface area contributed by atoms with Gasteiger partial charge in [0.25, 0.3) is 5.56 Å². The first-order valence-corrected chi connectivity index (χ1v) is 7.35. The van der Waals surface area contributed by atoms with Crippen LogP contribution in [0.25, 0.3) is 5.69 Å². The fraction of sp³-hybridized carbons (Fsp3) is 0.214. The van der Waals surface area contributed by atoms with Gasteiger partial charge >= 0.3 is 11.9 Å². The molecule has 0 spiro atoms. The Morgan fingerprint density at radius 2 is 1.84 bits per heavy atom. The number of aryl methyl sites for hydroxylation is 1. The van der Waals surface area contributed by atoms with Crippen LogP contribution in [-0.2, 0) is 13.2 Å². The van der Waals surface area contributed by atoms with Crippen molar-refractivity contribution in [3.8, 4) is 5.69 Å². The van der Waals surface area contributed by atoms with Crippen molar-refractivity contribution >= 4 is 28.8 Å². The minimum atomic E-state index is -5.03. The van der Waals surface area contributed by atoms with Crippen LogP contribution in [0.5, 0.6) is 0 Å². The molecule has 5 nitrogen and oxygen atoms in total. The van der Waals surface area contributed by atoms with Gasteiger partial charge in [0.05, 0.1) is 5.69 Å². The molecule has 0 atom stereocenters. The first kappa shape index (κ1) is 19.1. The van der Waals surface area contributed by atoms with Gasteiger partial charge in [0.1, 0.15) is 15.8 Å². The second-order valence-corrected chi connectivity index (χ2v) is 5.94. The van der Waals surface area contributed by atoms with Gasteiger partial charge in [0, 0.05) is 12.6 Å². The van der Waals surface area contributed by atoms with Crippen LogP contribution >= 0.6 is 23.8 Å². The second-order valence-electron chi connectivity index (χ2n) is 5.13. The molecule has 0 fully saturated rings. The molecule has 25 heavy (non-hydrogen) atoms. The van der Waals surface area contributed by atoms with Gasteiger partial charge in [-0.15, -0.1) is 0 Å². The number of rotatable bonds is 2. The largest absolute Gasteiger partial charge is 0.433 e. The number of benzene rings is 1. The third-order valence-corrected chi connectivity index (χ3v) is 4.04. The number of hydrogen-bond acceptors (Lipinski definition) is 3. The molecule has 0 saturated heterocycles. The summed E-state index contributed by atoms with van der Waals surface area (Å²) in [5.74, 6) is -1.07. The lowest BCUT2D eigenvalue weighted by Crippen LogP contribution is -2.42. The molecule has 0 amide bonds. The quantitative estimate of drug-likeness (QED) is 0.625. The molecule has 134 valence electrons. The van der Waals surface area contributed by atoms with Crippen molar-refractivity contribution in [1.29, 1.82) is 0 Å². The van der Waals surface area contributed by atoms with Crippen LogP contribution in [0.1, 0.15) is 16.8 Å². The number of alkyl halides is 3. The molecule has 1 heterocycles. The lowest BCUT2D eigenvalue weighted by Gasteiger charge is -2.17. The van der Waals surface area contributed by atoms with E-state index in [2.05, 4.69) is 0 Å². The lowest BCUT2D eigenvalue weighted by atomic mass is 10.1. The van der Waals surface area contributed by atoms with Crippen molar-refractivity contribution in [3.05, 3.63) is 60.6 Å². The number of nitrogens with zero attached hydrogens (tertiary/aromatic N) is 2. The highest BCUT2D eigenvalue weighted by Gasteiger charge is 2.39. The zero-order valence-electron chi connectivity index (χ0n) is 12.7. The number of halogens is 5. The summed E-state index contributed by atoms with van der Waals surface area (Å²) in [7, 11) is 0.779. The van der Waals surface area contributed by atoms with E-state index in [1.54, 1.807) is 0 Å². The molecule has 0 aliphatic rings. The Morgan fingerprint density at radius 3 is 2.32 bits per heavy atom. The second kappa shape index (κ2) is 6.26. The predicted octanol–water partition coefficient (Wildman–Crippen LogP) is 2.29. The minimum absolute atomic E-state index is 0.117. The minimum Gasteiger partial charge on any atom is -0.389 e. The average Bonchev–Trinajstić information content (AvgIpc) is 2.47. The highest BCUT2D eigenvalue weighted by molar-refractivity contribution is 7.80. The zero-order valence-corrected chi connectivity index (χ0v) is 14.3. The molecule has 0 aliphatic heterocycles. The molecule has 1 aromatic carbocycles. The fourth-order valence-electron chi connectivity index (χ4n) is 2.31. The lowest BCUT2D eigenvalue weighted by molar-refractivity contribution is -0.143. The van der Waals surface area contributed by atoms with Gasteiger partial charge < -0.3 is 5.73 Å². The first-order chi connectivity index (χ1) is 11.4. The van der Waals surface area contributed by atoms with Crippen molar-refractivity contribution in [2.75, 3.05) is 0 Å². The predicted molar refractivity (Wildman–Crippen MR) is 87.9 cm³/mol.